The summed E-state index contributed by atoms with van der Waals surface area (Å²) >= 11 is 3.04. The van der Waals surface area contributed by atoms with E-state index in [-0.39, 0.29) is 5.91 Å². The predicted molar refractivity (Wildman–Crippen MR) is 113 cm³/mol. The van der Waals surface area contributed by atoms with Crippen LogP contribution in [-0.2, 0) is 17.1 Å². The maximum absolute atomic E-state index is 12.6. The van der Waals surface area contributed by atoms with E-state index in [4.69, 9.17) is 0 Å². The van der Waals surface area contributed by atoms with E-state index in [2.05, 4.69) is 38.6 Å². The Bertz CT molecular complexity index is 805. The lowest BCUT2D eigenvalue weighted by molar-refractivity contribution is -0.131. The fraction of sp³-hybridized carbons (Fsp3) is 0.632. The largest absolute Gasteiger partial charge is 0.339 e. The van der Waals surface area contributed by atoms with Crippen molar-refractivity contribution >= 4 is 29.4 Å². The van der Waals surface area contributed by atoms with Crippen LogP contribution in [-0.4, -0.2) is 53.9 Å². The van der Waals surface area contributed by atoms with Crippen LogP contribution in [0.4, 0.5) is 0 Å². The fourth-order valence-corrected chi connectivity index (χ4v) is 5.21. The molecular formula is C19H28N6OS2. The number of carbonyl (C=O) groups excluding carboxylic acids is 1. The minimum Gasteiger partial charge on any atom is -0.339 e. The third kappa shape index (κ3) is 5.26. The molecular weight excluding hydrogens is 392 g/mol. The molecule has 2 aromatic heterocycles. The number of likely N-dealkylation sites (tertiary alicyclic amines) is 1. The average Bonchev–Trinajstić information content (AvgIpc) is 3.06. The van der Waals surface area contributed by atoms with Crippen molar-refractivity contribution in [2.45, 2.75) is 75.6 Å². The van der Waals surface area contributed by atoms with Gasteiger partial charge >= 0.3 is 0 Å². The van der Waals surface area contributed by atoms with Crippen molar-refractivity contribution in [3.63, 3.8) is 0 Å². The second-order valence-corrected chi connectivity index (χ2v) is 8.97. The van der Waals surface area contributed by atoms with Gasteiger partial charge in [-0.25, -0.2) is 9.97 Å². The van der Waals surface area contributed by atoms with Crippen LogP contribution in [0.1, 0.15) is 50.3 Å². The maximum Gasteiger partial charge on any atom is 0.233 e. The van der Waals surface area contributed by atoms with Crippen LogP contribution in [0.3, 0.4) is 0 Å². The summed E-state index contributed by atoms with van der Waals surface area (Å²) in [6.45, 7) is 9.81. The molecule has 9 heteroatoms. The van der Waals surface area contributed by atoms with E-state index in [0.717, 1.165) is 53.5 Å². The fourth-order valence-electron chi connectivity index (χ4n) is 3.42. The second-order valence-electron chi connectivity index (χ2n) is 7.09. The summed E-state index contributed by atoms with van der Waals surface area (Å²) in [5.41, 5.74) is 1.93. The number of hydrogen-bond acceptors (Lipinski definition) is 7. The number of aromatic nitrogens is 5. The van der Waals surface area contributed by atoms with Crippen LogP contribution in [0.25, 0.3) is 0 Å². The Morgan fingerprint density at radius 2 is 1.93 bits per heavy atom. The molecule has 152 valence electrons. The number of thioether (sulfide) groups is 2. The molecule has 1 amide bonds. The van der Waals surface area contributed by atoms with Crippen molar-refractivity contribution in [2.75, 3.05) is 12.3 Å². The van der Waals surface area contributed by atoms with Gasteiger partial charge in [-0.1, -0.05) is 23.5 Å². The van der Waals surface area contributed by atoms with Crippen LogP contribution >= 0.6 is 23.5 Å². The van der Waals surface area contributed by atoms with Crippen molar-refractivity contribution in [1.29, 1.82) is 0 Å². The minimum absolute atomic E-state index is 0.197. The summed E-state index contributed by atoms with van der Waals surface area (Å²) < 4.78 is 2.08. The molecule has 7 nitrogen and oxygen atoms in total. The van der Waals surface area contributed by atoms with Crippen LogP contribution < -0.4 is 0 Å². The number of piperidine rings is 1. The second kappa shape index (κ2) is 9.73. The topological polar surface area (TPSA) is 76.8 Å². The third-order valence-corrected chi connectivity index (χ3v) is 6.64. The van der Waals surface area contributed by atoms with Gasteiger partial charge in [0.2, 0.25) is 5.91 Å². The highest BCUT2D eigenvalue weighted by Gasteiger charge is 2.24. The molecule has 0 spiro atoms. The molecule has 0 radical (unpaired) electrons. The van der Waals surface area contributed by atoms with E-state index in [0.29, 0.717) is 17.5 Å². The summed E-state index contributed by atoms with van der Waals surface area (Å²) in [4.78, 5) is 23.5. The molecule has 1 aliphatic rings. The quantitative estimate of drug-likeness (QED) is 0.501. The lowest BCUT2D eigenvalue weighted by atomic mass is 10.0. The first-order valence-electron chi connectivity index (χ1n) is 9.77. The Labute approximate surface area is 175 Å². The molecule has 1 fully saturated rings. The zero-order chi connectivity index (χ0) is 20.1. The Balaban J connectivity index is 1.60. The van der Waals surface area contributed by atoms with Crippen molar-refractivity contribution in [3.05, 3.63) is 23.3 Å². The summed E-state index contributed by atoms with van der Waals surface area (Å²) in [5.74, 6) is 2.15. The third-order valence-electron chi connectivity index (χ3n) is 4.85. The van der Waals surface area contributed by atoms with Gasteiger partial charge in [-0.2, -0.15) is 0 Å². The zero-order valence-electron chi connectivity index (χ0n) is 17.0. The molecule has 0 aliphatic carbocycles. The van der Waals surface area contributed by atoms with Gasteiger partial charge in [-0.3, -0.25) is 4.79 Å². The van der Waals surface area contributed by atoms with Crippen LogP contribution in [0.15, 0.2) is 16.4 Å². The van der Waals surface area contributed by atoms with E-state index in [1.54, 1.807) is 11.8 Å². The smallest absolute Gasteiger partial charge is 0.233 e. The van der Waals surface area contributed by atoms with Crippen LogP contribution in [0.2, 0.25) is 0 Å². The first kappa shape index (κ1) is 21.1. The minimum atomic E-state index is 0.197. The summed E-state index contributed by atoms with van der Waals surface area (Å²) in [6, 6.07) is 2.31. The Kier molecular flexibility index (Phi) is 7.34. The average molecular weight is 421 g/mol. The normalized spacial score (nSPS) is 17.1. The van der Waals surface area contributed by atoms with E-state index in [1.807, 2.05) is 24.8 Å². The van der Waals surface area contributed by atoms with Crippen molar-refractivity contribution < 1.29 is 4.79 Å². The highest BCUT2D eigenvalue weighted by molar-refractivity contribution is 7.99. The number of amides is 1. The summed E-state index contributed by atoms with van der Waals surface area (Å²) in [5, 5.41) is 10.2. The SMILES string of the molecule is CCn1c(CSc2nc(C)cc(C)n2)nnc1SCC(=O)N1CCCCC1C. The van der Waals surface area contributed by atoms with Gasteiger partial charge < -0.3 is 9.47 Å². The molecule has 3 heterocycles. The van der Waals surface area contributed by atoms with Crippen molar-refractivity contribution in [2.24, 2.45) is 0 Å². The van der Waals surface area contributed by atoms with Gasteiger partial charge in [-0.05, 0) is 53.0 Å². The van der Waals surface area contributed by atoms with Gasteiger partial charge in [0.25, 0.3) is 0 Å². The number of nitrogens with zero attached hydrogens (tertiary/aromatic N) is 6. The lowest BCUT2D eigenvalue weighted by Crippen LogP contribution is -2.43. The molecule has 1 unspecified atom stereocenters. The number of aryl methyl sites for hydroxylation is 2. The van der Waals surface area contributed by atoms with Gasteiger partial charge in [-0.15, -0.1) is 10.2 Å². The van der Waals surface area contributed by atoms with Gasteiger partial charge in [0.05, 0.1) is 11.5 Å². The van der Waals surface area contributed by atoms with E-state index >= 15 is 0 Å². The molecule has 1 atom stereocenters. The molecule has 0 saturated carbocycles. The van der Waals surface area contributed by atoms with Gasteiger partial charge in [0.1, 0.15) is 5.82 Å². The first-order chi connectivity index (χ1) is 13.5. The Morgan fingerprint density at radius 1 is 1.18 bits per heavy atom. The van der Waals surface area contributed by atoms with Crippen molar-refractivity contribution in [3.8, 4) is 0 Å². The standard InChI is InChI=1S/C19H28N6OS2/c1-5-24-16(11-27-18-20-13(2)10-14(3)21-18)22-23-19(24)28-12-17(26)25-9-7-6-8-15(25)4/h10,15H,5-9,11-12H2,1-4H3. The van der Waals surface area contributed by atoms with Gasteiger partial charge in [0.15, 0.2) is 10.3 Å². The maximum atomic E-state index is 12.6. The molecule has 1 saturated heterocycles. The van der Waals surface area contributed by atoms with E-state index in [1.165, 1.54) is 18.2 Å². The number of hydrogen-bond donors (Lipinski definition) is 0. The Morgan fingerprint density at radius 3 is 2.61 bits per heavy atom. The van der Waals surface area contributed by atoms with Crippen LogP contribution in [0, 0.1) is 13.8 Å². The molecule has 3 rings (SSSR count). The first-order valence-corrected chi connectivity index (χ1v) is 11.7. The Hall–Kier alpha value is -1.61. The van der Waals surface area contributed by atoms with Crippen LogP contribution in [0.5, 0.6) is 0 Å². The van der Waals surface area contributed by atoms with E-state index in [9.17, 15) is 4.79 Å². The van der Waals surface area contributed by atoms with E-state index < -0.39 is 0 Å². The van der Waals surface area contributed by atoms with Crippen molar-refractivity contribution in [1.82, 2.24) is 29.6 Å². The molecule has 1 aliphatic heterocycles. The molecule has 0 aromatic carbocycles. The number of carbonyl (C=O) groups is 1. The summed E-state index contributed by atoms with van der Waals surface area (Å²) in [7, 11) is 0. The number of rotatable bonds is 7. The highest BCUT2D eigenvalue weighted by Crippen LogP contribution is 2.24. The predicted octanol–water partition coefficient (Wildman–Crippen LogP) is 3.49. The zero-order valence-corrected chi connectivity index (χ0v) is 18.6. The molecule has 28 heavy (non-hydrogen) atoms. The highest BCUT2D eigenvalue weighted by atomic mass is 32.2. The molecule has 0 bridgehead atoms. The summed E-state index contributed by atoms with van der Waals surface area (Å²) in [6.07, 6.45) is 3.42. The van der Waals surface area contributed by atoms with Gasteiger partial charge in [0, 0.05) is 30.5 Å². The molecule has 2 aromatic rings. The monoisotopic (exact) mass is 420 g/mol. The lowest BCUT2D eigenvalue weighted by Gasteiger charge is -2.33. The molecule has 0 N–H and O–H groups in total.